The van der Waals surface area contributed by atoms with E-state index in [0.717, 1.165) is 23.5 Å². The number of nitrogens with one attached hydrogen (secondary N) is 3. The summed E-state index contributed by atoms with van der Waals surface area (Å²) in [5, 5.41) is 9.40. The summed E-state index contributed by atoms with van der Waals surface area (Å²) in [6.07, 6.45) is 1.02. The maximum atomic E-state index is 11.4. The lowest BCUT2D eigenvalue weighted by Crippen LogP contribution is -2.23. The van der Waals surface area contributed by atoms with Crippen molar-refractivity contribution in [2.45, 2.75) is 17.4 Å². The fourth-order valence-corrected chi connectivity index (χ4v) is 2.87. The molecule has 1 unspecified atom stereocenters. The minimum atomic E-state index is 0.0842. The van der Waals surface area contributed by atoms with E-state index in [4.69, 9.17) is 0 Å². The fraction of sp³-hybridized carbons (Fsp3) is 0.462. The zero-order valence-corrected chi connectivity index (χ0v) is 11.6. The van der Waals surface area contributed by atoms with E-state index in [1.54, 1.807) is 11.8 Å². The van der Waals surface area contributed by atoms with Gasteiger partial charge in [0.25, 0.3) is 0 Å². The van der Waals surface area contributed by atoms with Gasteiger partial charge in [-0.2, -0.15) is 0 Å². The predicted molar refractivity (Wildman–Crippen MR) is 76.1 cm³/mol. The van der Waals surface area contributed by atoms with Crippen LogP contribution in [0.1, 0.15) is 18.0 Å². The van der Waals surface area contributed by atoms with E-state index in [1.807, 2.05) is 14.1 Å². The Kier molecular flexibility index (Phi) is 4.63. The van der Waals surface area contributed by atoms with E-state index >= 15 is 0 Å². The third-order valence-corrected chi connectivity index (χ3v) is 4.14. The Balaban J connectivity index is 2.18. The molecule has 0 aliphatic carbocycles. The minimum Gasteiger partial charge on any atom is -0.324 e. The average Bonchev–Trinajstić information content (AvgIpc) is 2.39. The Labute approximate surface area is 112 Å². The molecule has 0 aromatic heterocycles. The summed E-state index contributed by atoms with van der Waals surface area (Å²) < 4.78 is 0. The molecule has 0 spiro atoms. The Morgan fingerprint density at radius 2 is 2.28 bits per heavy atom. The Morgan fingerprint density at radius 3 is 3.00 bits per heavy atom. The smallest absolute Gasteiger partial charge is 0.234 e. The molecule has 3 N–H and O–H groups in total. The number of anilines is 1. The first-order chi connectivity index (χ1) is 8.74. The normalized spacial score (nSPS) is 16.0. The van der Waals surface area contributed by atoms with E-state index < -0.39 is 0 Å². The van der Waals surface area contributed by atoms with Crippen molar-refractivity contribution in [1.82, 2.24) is 10.6 Å². The maximum absolute atomic E-state index is 11.4. The van der Waals surface area contributed by atoms with Gasteiger partial charge < -0.3 is 16.0 Å². The average molecular weight is 265 g/mol. The van der Waals surface area contributed by atoms with Crippen molar-refractivity contribution in [3.63, 3.8) is 0 Å². The van der Waals surface area contributed by atoms with Crippen LogP contribution in [-0.2, 0) is 4.79 Å². The van der Waals surface area contributed by atoms with Crippen molar-refractivity contribution in [1.29, 1.82) is 0 Å². The topological polar surface area (TPSA) is 53.2 Å². The number of hydrogen-bond donors (Lipinski definition) is 3. The molecule has 2 rings (SSSR count). The third-order valence-electron chi connectivity index (χ3n) is 3.07. The first-order valence-corrected chi connectivity index (χ1v) is 7.11. The predicted octanol–water partition coefficient (Wildman–Crippen LogP) is 1.60. The molecule has 98 valence electrons. The maximum Gasteiger partial charge on any atom is 0.234 e. The molecule has 5 heteroatoms. The molecule has 1 aromatic rings. The third kappa shape index (κ3) is 3.04. The number of carbonyl (C=O) groups is 1. The van der Waals surface area contributed by atoms with Crippen LogP contribution in [0.5, 0.6) is 0 Å². The number of benzene rings is 1. The molecule has 1 aromatic carbocycles. The summed E-state index contributed by atoms with van der Waals surface area (Å²) in [4.78, 5) is 12.5. The van der Waals surface area contributed by atoms with Gasteiger partial charge in [0.15, 0.2) is 0 Å². The lowest BCUT2D eigenvalue weighted by Gasteiger charge is -2.21. The SMILES string of the molecule is CNCCC(NC)c1ccc2c(c1)NC(=O)CS2. The Hall–Kier alpha value is -1.04. The van der Waals surface area contributed by atoms with E-state index in [-0.39, 0.29) is 5.91 Å². The Bertz CT molecular complexity index is 436. The van der Waals surface area contributed by atoms with Crippen molar-refractivity contribution in [3.05, 3.63) is 23.8 Å². The molecule has 1 aliphatic rings. The number of rotatable bonds is 5. The summed E-state index contributed by atoms with van der Waals surface area (Å²) in [5.74, 6) is 0.600. The summed E-state index contributed by atoms with van der Waals surface area (Å²) in [6.45, 7) is 0.962. The standard InChI is InChI=1S/C13H19N3OS/c1-14-6-5-10(15-2)9-3-4-12-11(7-9)16-13(17)8-18-12/h3-4,7,10,14-15H,5-6,8H2,1-2H3,(H,16,17). The van der Waals surface area contributed by atoms with Crippen molar-refractivity contribution >= 4 is 23.4 Å². The molecule has 0 saturated carbocycles. The van der Waals surface area contributed by atoms with E-state index in [9.17, 15) is 4.79 Å². The second-order valence-corrected chi connectivity index (χ2v) is 5.34. The highest BCUT2D eigenvalue weighted by molar-refractivity contribution is 8.00. The number of carbonyl (C=O) groups excluding carboxylic acids is 1. The highest BCUT2D eigenvalue weighted by Gasteiger charge is 2.17. The van der Waals surface area contributed by atoms with Gasteiger partial charge in [0.1, 0.15) is 0 Å². The zero-order chi connectivity index (χ0) is 13.0. The number of hydrogen-bond acceptors (Lipinski definition) is 4. The summed E-state index contributed by atoms with van der Waals surface area (Å²) >= 11 is 1.60. The van der Waals surface area contributed by atoms with Gasteiger partial charge in [-0.3, -0.25) is 4.79 Å². The van der Waals surface area contributed by atoms with Gasteiger partial charge in [0.2, 0.25) is 5.91 Å². The number of thioether (sulfide) groups is 1. The molecule has 18 heavy (non-hydrogen) atoms. The molecule has 0 saturated heterocycles. The zero-order valence-electron chi connectivity index (χ0n) is 10.7. The van der Waals surface area contributed by atoms with Crippen LogP contribution in [0.3, 0.4) is 0 Å². The van der Waals surface area contributed by atoms with Crippen LogP contribution in [0, 0.1) is 0 Å². The van der Waals surface area contributed by atoms with Gasteiger partial charge in [-0.1, -0.05) is 6.07 Å². The highest BCUT2D eigenvalue weighted by Crippen LogP contribution is 2.33. The first-order valence-electron chi connectivity index (χ1n) is 6.13. The lowest BCUT2D eigenvalue weighted by atomic mass is 10.0. The largest absolute Gasteiger partial charge is 0.324 e. The van der Waals surface area contributed by atoms with E-state index in [2.05, 4.69) is 34.1 Å². The van der Waals surface area contributed by atoms with E-state index in [0.29, 0.717) is 11.8 Å². The van der Waals surface area contributed by atoms with Gasteiger partial charge >= 0.3 is 0 Å². The van der Waals surface area contributed by atoms with Gasteiger partial charge in [-0.05, 0) is 44.8 Å². The lowest BCUT2D eigenvalue weighted by molar-refractivity contribution is -0.113. The molecule has 4 nitrogen and oxygen atoms in total. The minimum absolute atomic E-state index is 0.0842. The summed E-state index contributed by atoms with van der Waals surface area (Å²) in [6, 6.07) is 6.63. The molecular formula is C13H19N3OS. The van der Waals surface area contributed by atoms with E-state index in [1.165, 1.54) is 5.56 Å². The Morgan fingerprint density at radius 1 is 1.44 bits per heavy atom. The molecule has 0 fully saturated rings. The molecule has 1 heterocycles. The van der Waals surface area contributed by atoms with Gasteiger partial charge in [0.05, 0.1) is 11.4 Å². The van der Waals surface area contributed by atoms with Gasteiger partial charge in [-0.15, -0.1) is 11.8 Å². The van der Waals surface area contributed by atoms with Crippen molar-refractivity contribution in [3.8, 4) is 0 Å². The van der Waals surface area contributed by atoms with Crippen molar-refractivity contribution in [2.24, 2.45) is 0 Å². The molecule has 0 bridgehead atoms. The molecule has 1 aliphatic heterocycles. The van der Waals surface area contributed by atoms with Crippen molar-refractivity contribution < 1.29 is 4.79 Å². The quantitative estimate of drug-likeness (QED) is 0.757. The van der Waals surface area contributed by atoms with Crippen LogP contribution in [-0.4, -0.2) is 32.3 Å². The van der Waals surface area contributed by atoms with Crippen LogP contribution >= 0.6 is 11.8 Å². The second kappa shape index (κ2) is 6.22. The number of fused-ring (bicyclic) bond motifs is 1. The molecule has 0 radical (unpaired) electrons. The van der Waals surface area contributed by atoms with Crippen LogP contribution in [0.15, 0.2) is 23.1 Å². The van der Waals surface area contributed by atoms with Crippen LogP contribution in [0.2, 0.25) is 0 Å². The van der Waals surface area contributed by atoms with Gasteiger partial charge in [0, 0.05) is 10.9 Å². The second-order valence-electron chi connectivity index (χ2n) is 4.33. The first kappa shape index (κ1) is 13.4. The summed E-state index contributed by atoms with van der Waals surface area (Å²) in [7, 11) is 3.92. The van der Waals surface area contributed by atoms with Crippen LogP contribution in [0.4, 0.5) is 5.69 Å². The monoisotopic (exact) mass is 265 g/mol. The van der Waals surface area contributed by atoms with Crippen LogP contribution in [0.25, 0.3) is 0 Å². The summed E-state index contributed by atoms with van der Waals surface area (Å²) in [5.41, 5.74) is 2.16. The number of amides is 1. The van der Waals surface area contributed by atoms with Gasteiger partial charge in [-0.25, -0.2) is 0 Å². The molecule has 1 atom stereocenters. The highest BCUT2D eigenvalue weighted by atomic mass is 32.2. The van der Waals surface area contributed by atoms with Crippen molar-refractivity contribution in [2.75, 3.05) is 31.7 Å². The van der Waals surface area contributed by atoms with Crippen LogP contribution < -0.4 is 16.0 Å². The molecular weight excluding hydrogens is 246 g/mol. The molecule has 1 amide bonds. The fourth-order valence-electron chi connectivity index (χ4n) is 2.08.